The molecule has 0 aliphatic carbocycles. The van der Waals surface area contributed by atoms with Crippen molar-refractivity contribution in [2.75, 3.05) is 17.4 Å². The number of amides is 2. The zero-order valence-corrected chi connectivity index (χ0v) is 21.2. The molecule has 1 N–H and O–H groups in total. The van der Waals surface area contributed by atoms with Crippen molar-refractivity contribution >= 4 is 38.3 Å². The molecule has 9 heteroatoms. The first kappa shape index (κ1) is 25.6. The monoisotopic (exact) mass is 511 g/mol. The molecule has 1 aliphatic rings. The van der Waals surface area contributed by atoms with Gasteiger partial charge in [0.25, 0.3) is 10.0 Å². The van der Waals surface area contributed by atoms with Crippen molar-refractivity contribution in [2.45, 2.75) is 50.6 Å². The Morgan fingerprint density at radius 3 is 2.44 bits per heavy atom. The normalized spacial score (nSPS) is 14.6. The average molecular weight is 512 g/mol. The smallest absolute Gasteiger partial charge is 0.265 e. The van der Waals surface area contributed by atoms with Gasteiger partial charge in [0.15, 0.2) is 0 Å². The van der Waals surface area contributed by atoms with Gasteiger partial charge in [0.05, 0.1) is 10.6 Å². The van der Waals surface area contributed by atoms with E-state index >= 15 is 0 Å². The lowest BCUT2D eigenvalue weighted by Crippen LogP contribution is -2.47. The number of hydrogen-bond acceptors (Lipinski definition) is 4. The summed E-state index contributed by atoms with van der Waals surface area (Å²) < 4.78 is 41.1. The van der Waals surface area contributed by atoms with Gasteiger partial charge in [-0.25, -0.2) is 12.8 Å². The number of sulfonamides is 1. The third-order valence-corrected chi connectivity index (χ3v) is 8.27. The molecule has 1 unspecified atom stereocenters. The van der Waals surface area contributed by atoms with Crippen molar-refractivity contribution in [2.24, 2.45) is 0 Å². The van der Waals surface area contributed by atoms with Gasteiger partial charge < -0.3 is 10.2 Å². The van der Waals surface area contributed by atoms with Crippen LogP contribution >= 0.6 is 0 Å². The minimum Gasteiger partial charge on any atom is -0.354 e. The van der Waals surface area contributed by atoms with Crippen molar-refractivity contribution < 1.29 is 22.4 Å². The average Bonchev–Trinajstić information content (AvgIpc) is 3.09. The fourth-order valence-corrected chi connectivity index (χ4v) is 6.23. The molecule has 36 heavy (non-hydrogen) atoms. The Morgan fingerprint density at radius 2 is 1.75 bits per heavy atom. The summed E-state index contributed by atoms with van der Waals surface area (Å²) in [6, 6.07) is 15.8. The highest BCUT2D eigenvalue weighted by Gasteiger charge is 2.35. The van der Waals surface area contributed by atoms with Gasteiger partial charge in [0, 0.05) is 31.4 Å². The predicted molar refractivity (Wildman–Crippen MR) is 137 cm³/mol. The second-order valence-corrected chi connectivity index (χ2v) is 10.8. The van der Waals surface area contributed by atoms with Gasteiger partial charge in [-0.15, -0.1) is 0 Å². The summed E-state index contributed by atoms with van der Waals surface area (Å²) in [5.74, 6) is -0.921. The van der Waals surface area contributed by atoms with E-state index in [9.17, 15) is 22.4 Å². The summed E-state index contributed by atoms with van der Waals surface area (Å²) in [6.45, 7) is 4.39. The maximum atomic E-state index is 13.4. The summed E-state index contributed by atoms with van der Waals surface area (Å²) in [5, 5.41) is 4.37. The van der Waals surface area contributed by atoms with E-state index in [1.165, 1.54) is 21.3 Å². The maximum absolute atomic E-state index is 13.4. The van der Waals surface area contributed by atoms with Crippen LogP contribution in [-0.4, -0.2) is 44.3 Å². The summed E-state index contributed by atoms with van der Waals surface area (Å²) in [5.41, 5.74) is 1.31. The number of nitrogens with one attached hydrogen (secondary N) is 1. The summed E-state index contributed by atoms with van der Waals surface area (Å²) in [7, 11) is -3.70. The third kappa shape index (κ3) is 5.06. The lowest BCUT2D eigenvalue weighted by molar-refractivity contribution is -0.140. The van der Waals surface area contributed by atoms with E-state index in [4.69, 9.17) is 0 Å². The molecular formula is C27H30FN3O4S. The van der Waals surface area contributed by atoms with Crippen LogP contribution in [0.2, 0.25) is 0 Å². The van der Waals surface area contributed by atoms with Gasteiger partial charge in [-0.2, -0.15) is 0 Å². The van der Waals surface area contributed by atoms with Crippen LogP contribution in [0.1, 0.15) is 38.7 Å². The molecule has 2 amide bonds. The zero-order chi connectivity index (χ0) is 25.9. The van der Waals surface area contributed by atoms with Crippen LogP contribution in [0.4, 0.5) is 10.1 Å². The Bertz CT molecular complexity index is 1370. The predicted octanol–water partition coefficient (Wildman–Crippen LogP) is 4.21. The Hall–Kier alpha value is -3.46. The highest BCUT2D eigenvalue weighted by molar-refractivity contribution is 7.93. The molecule has 1 atom stereocenters. The van der Waals surface area contributed by atoms with Crippen molar-refractivity contribution in [1.29, 1.82) is 0 Å². The molecule has 1 heterocycles. The van der Waals surface area contributed by atoms with Crippen LogP contribution in [0.5, 0.6) is 0 Å². The number of rotatable bonds is 10. The van der Waals surface area contributed by atoms with Crippen LogP contribution in [0, 0.1) is 5.82 Å². The fourth-order valence-electron chi connectivity index (χ4n) is 4.48. The number of hydrogen-bond donors (Lipinski definition) is 1. The van der Waals surface area contributed by atoms with Gasteiger partial charge in [-0.05, 0) is 55.0 Å². The number of carbonyl (C=O) groups is 2. The van der Waals surface area contributed by atoms with Crippen LogP contribution in [0.3, 0.4) is 0 Å². The fraction of sp³-hybridized carbons (Fsp3) is 0.333. The van der Waals surface area contributed by atoms with Gasteiger partial charge in [-0.1, -0.05) is 43.3 Å². The standard InChI is InChI=1S/C27H30FN3O4S/c1-3-16-29-27(33)19(2)30(18-20-12-14-22(28)15-13-20)25(32)11-6-17-31-23-9-4-7-21-8-5-10-24(26(21)23)36(31,34)35/h4-5,7-10,12-15,19H,3,6,11,16-18H2,1-2H3,(H,29,33). The number of anilines is 1. The van der Waals surface area contributed by atoms with Crippen molar-refractivity contribution in [3.8, 4) is 0 Å². The number of benzene rings is 3. The van der Waals surface area contributed by atoms with Crippen molar-refractivity contribution in [1.82, 2.24) is 10.2 Å². The molecular weight excluding hydrogens is 481 g/mol. The molecule has 1 aliphatic heterocycles. The van der Waals surface area contributed by atoms with Gasteiger partial charge in [0.1, 0.15) is 11.9 Å². The van der Waals surface area contributed by atoms with Crippen LogP contribution in [-0.2, 0) is 26.2 Å². The van der Waals surface area contributed by atoms with Gasteiger partial charge in [0.2, 0.25) is 11.8 Å². The topological polar surface area (TPSA) is 86.8 Å². The molecule has 0 saturated heterocycles. The lowest BCUT2D eigenvalue weighted by Gasteiger charge is -2.29. The van der Waals surface area contributed by atoms with E-state index in [1.807, 2.05) is 25.1 Å². The molecule has 7 nitrogen and oxygen atoms in total. The Morgan fingerprint density at radius 1 is 1.06 bits per heavy atom. The zero-order valence-electron chi connectivity index (χ0n) is 20.4. The molecule has 0 saturated carbocycles. The largest absolute Gasteiger partial charge is 0.354 e. The van der Waals surface area contributed by atoms with Crippen molar-refractivity contribution in [3.05, 3.63) is 72.0 Å². The van der Waals surface area contributed by atoms with E-state index in [-0.39, 0.29) is 48.5 Å². The van der Waals surface area contributed by atoms with Crippen LogP contribution < -0.4 is 9.62 Å². The first-order valence-electron chi connectivity index (χ1n) is 12.1. The Labute approximate surface area is 210 Å². The number of halogens is 1. The molecule has 0 bridgehead atoms. The molecule has 0 fully saturated rings. The second kappa shape index (κ2) is 10.7. The van der Waals surface area contributed by atoms with E-state index in [2.05, 4.69) is 5.32 Å². The molecule has 0 radical (unpaired) electrons. The van der Waals surface area contributed by atoms with Gasteiger partial charge >= 0.3 is 0 Å². The van der Waals surface area contributed by atoms with Gasteiger partial charge in [-0.3, -0.25) is 13.9 Å². The highest BCUT2D eigenvalue weighted by atomic mass is 32.2. The third-order valence-electron chi connectivity index (χ3n) is 6.42. The second-order valence-electron chi connectivity index (χ2n) is 8.93. The Kier molecular flexibility index (Phi) is 7.59. The van der Waals surface area contributed by atoms with E-state index < -0.39 is 16.1 Å². The van der Waals surface area contributed by atoms with E-state index in [1.54, 1.807) is 37.3 Å². The molecule has 0 aromatic heterocycles. The quantitative estimate of drug-likeness (QED) is 0.442. The molecule has 190 valence electrons. The molecule has 4 rings (SSSR count). The number of carbonyl (C=O) groups excluding carboxylic acids is 2. The van der Waals surface area contributed by atoms with Crippen LogP contribution in [0.25, 0.3) is 10.8 Å². The first-order chi connectivity index (χ1) is 17.2. The van der Waals surface area contributed by atoms with E-state index in [0.717, 1.165) is 11.8 Å². The molecule has 3 aromatic carbocycles. The van der Waals surface area contributed by atoms with E-state index in [0.29, 0.717) is 23.2 Å². The van der Waals surface area contributed by atoms with Crippen molar-refractivity contribution in [3.63, 3.8) is 0 Å². The highest BCUT2D eigenvalue weighted by Crippen LogP contribution is 2.42. The minimum absolute atomic E-state index is 0.0605. The maximum Gasteiger partial charge on any atom is 0.265 e. The number of nitrogens with zero attached hydrogens (tertiary/aromatic N) is 2. The lowest BCUT2D eigenvalue weighted by atomic mass is 10.1. The van der Waals surface area contributed by atoms with Crippen LogP contribution in [0.15, 0.2) is 65.6 Å². The minimum atomic E-state index is -3.70. The molecule has 0 spiro atoms. The summed E-state index contributed by atoms with van der Waals surface area (Å²) >= 11 is 0. The first-order valence-corrected chi connectivity index (χ1v) is 13.5. The SMILES string of the molecule is CCCNC(=O)C(C)N(Cc1ccc(F)cc1)C(=O)CCCN1c2cccc3cccc(c23)S1(=O)=O. The summed E-state index contributed by atoms with van der Waals surface area (Å²) in [4.78, 5) is 27.7. The molecule has 3 aromatic rings. The summed E-state index contributed by atoms with van der Waals surface area (Å²) in [6.07, 6.45) is 1.11. The Balaban J connectivity index is 1.48.